The van der Waals surface area contributed by atoms with E-state index in [4.69, 9.17) is 7.85 Å². The maximum atomic E-state index is 5.89. The van der Waals surface area contributed by atoms with Crippen LogP contribution in [0.1, 0.15) is 5.69 Å². The Balaban J connectivity index is 1.55. The number of fused-ring (bicyclic) bond motifs is 1. The van der Waals surface area contributed by atoms with Crippen LogP contribution >= 0.6 is 0 Å². The van der Waals surface area contributed by atoms with Crippen LogP contribution in [0.3, 0.4) is 0 Å². The average Bonchev–Trinajstić information content (AvgIpc) is 3.28. The molecular formula is C17H17BN8. The number of aromatic nitrogens is 6. The Morgan fingerprint density at radius 3 is 2.73 bits per heavy atom. The normalized spacial score (nSPS) is 11.3. The van der Waals surface area contributed by atoms with Crippen molar-refractivity contribution in [2.75, 3.05) is 19.4 Å². The van der Waals surface area contributed by atoms with Gasteiger partial charge < -0.3 is 14.6 Å². The second kappa shape index (κ2) is 6.60. The topological polar surface area (TPSA) is 76.2 Å². The molecule has 0 bridgehead atoms. The minimum Gasteiger partial charge on any atom is -0.337 e. The quantitative estimate of drug-likeness (QED) is 0.543. The molecular weight excluding hydrogens is 327 g/mol. The van der Waals surface area contributed by atoms with E-state index in [1.165, 1.54) is 0 Å². The van der Waals surface area contributed by atoms with E-state index in [1.54, 1.807) is 27.7 Å². The van der Waals surface area contributed by atoms with Gasteiger partial charge >= 0.3 is 0 Å². The lowest BCUT2D eigenvalue weighted by atomic mass is 10.1. The van der Waals surface area contributed by atoms with Crippen LogP contribution in [0, 0.1) is 0 Å². The Hall–Kier alpha value is -3.20. The van der Waals surface area contributed by atoms with E-state index in [1.807, 2.05) is 44.6 Å². The van der Waals surface area contributed by atoms with Crippen LogP contribution in [0.15, 0.2) is 49.1 Å². The number of hydrogen-bond donors (Lipinski definition) is 1. The van der Waals surface area contributed by atoms with Gasteiger partial charge in [-0.2, -0.15) is 0 Å². The highest BCUT2D eigenvalue weighted by Gasteiger charge is 2.07. The molecule has 0 amide bonds. The van der Waals surface area contributed by atoms with Crippen molar-refractivity contribution in [2.24, 2.45) is 0 Å². The zero-order valence-corrected chi connectivity index (χ0v) is 14.5. The van der Waals surface area contributed by atoms with Crippen molar-refractivity contribution in [1.82, 2.24) is 34.3 Å². The molecule has 3 aromatic heterocycles. The van der Waals surface area contributed by atoms with Gasteiger partial charge in [0.25, 0.3) is 0 Å². The predicted octanol–water partition coefficient (Wildman–Crippen LogP) is 0.909. The lowest BCUT2D eigenvalue weighted by Gasteiger charge is -2.09. The Bertz CT molecular complexity index is 1030. The molecule has 0 fully saturated rings. The van der Waals surface area contributed by atoms with Gasteiger partial charge in [0.15, 0.2) is 11.5 Å². The molecule has 26 heavy (non-hydrogen) atoms. The van der Waals surface area contributed by atoms with Gasteiger partial charge in [0, 0.05) is 30.8 Å². The molecule has 3 heterocycles. The van der Waals surface area contributed by atoms with Crippen LogP contribution in [0.25, 0.3) is 11.3 Å². The average molecular weight is 344 g/mol. The van der Waals surface area contributed by atoms with Gasteiger partial charge in [0.05, 0.1) is 17.6 Å². The van der Waals surface area contributed by atoms with Crippen molar-refractivity contribution in [2.45, 2.75) is 6.54 Å². The molecule has 0 saturated carbocycles. The molecule has 4 aromatic rings. The molecule has 1 N–H and O–H groups in total. The van der Waals surface area contributed by atoms with Gasteiger partial charge in [-0.3, -0.25) is 0 Å². The molecule has 4 rings (SSSR count). The van der Waals surface area contributed by atoms with E-state index >= 15 is 0 Å². The van der Waals surface area contributed by atoms with Gasteiger partial charge in [0.2, 0.25) is 0 Å². The van der Waals surface area contributed by atoms with Crippen molar-refractivity contribution in [3.8, 4) is 5.69 Å². The van der Waals surface area contributed by atoms with Gasteiger partial charge in [-0.05, 0) is 44.0 Å². The zero-order chi connectivity index (χ0) is 18.1. The monoisotopic (exact) mass is 344 g/mol. The van der Waals surface area contributed by atoms with E-state index in [-0.39, 0.29) is 0 Å². The Kier molecular flexibility index (Phi) is 4.14. The highest BCUT2D eigenvalue weighted by molar-refractivity contribution is 6.31. The van der Waals surface area contributed by atoms with Crippen molar-refractivity contribution >= 4 is 30.6 Å². The molecule has 0 spiro atoms. The first-order valence-corrected chi connectivity index (χ1v) is 8.11. The fourth-order valence-corrected chi connectivity index (χ4v) is 2.68. The molecule has 0 aliphatic heterocycles. The molecule has 128 valence electrons. The van der Waals surface area contributed by atoms with E-state index < -0.39 is 0 Å². The van der Waals surface area contributed by atoms with Crippen molar-refractivity contribution in [3.05, 3.63) is 54.7 Å². The summed E-state index contributed by atoms with van der Waals surface area (Å²) in [5, 5.41) is 11.6. The smallest absolute Gasteiger partial charge is 0.179 e. The fourth-order valence-electron chi connectivity index (χ4n) is 2.68. The summed E-state index contributed by atoms with van der Waals surface area (Å²) < 4.78 is 3.54. The van der Waals surface area contributed by atoms with Crippen LogP contribution in [0.4, 0.5) is 11.5 Å². The second-order valence-corrected chi connectivity index (χ2v) is 6.22. The number of hydrogen-bond acceptors (Lipinski definition) is 6. The van der Waals surface area contributed by atoms with Crippen LogP contribution in [-0.4, -0.2) is 56.2 Å². The first-order chi connectivity index (χ1) is 12.6. The minimum absolute atomic E-state index is 0.540. The number of anilines is 2. The summed E-state index contributed by atoms with van der Waals surface area (Å²) in [6.45, 7) is 0.753. The predicted molar refractivity (Wildman–Crippen MR) is 100 cm³/mol. The summed E-state index contributed by atoms with van der Waals surface area (Å²) in [7, 11) is 9.90. The van der Waals surface area contributed by atoms with Gasteiger partial charge in [-0.25, -0.2) is 14.6 Å². The van der Waals surface area contributed by atoms with E-state index in [9.17, 15) is 0 Å². The highest BCUT2D eigenvalue weighted by Crippen LogP contribution is 2.19. The Morgan fingerprint density at radius 2 is 1.96 bits per heavy atom. The largest absolute Gasteiger partial charge is 0.337 e. The standard InChI is InChI=1S/C17H17BN8/c1-24(2)10-13-11-26(23-22-13)14-5-3-12(4-6-14)21-16-17-19-7-8-25(17)15(18)9-20-16/h3-9,11H,10H2,1-2H3,(H,20,21). The second-order valence-electron chi connectivity index (χ2n) is 6.22. The highest BCUT2D eigenvalue weighted by atomic mass is 15.4. The van der Waals surface area contributed by atoms with Crippen LogP contribution in [-0.2, 0) is 6.54 Å². The molecule has 1 aromatic carbocycles. The summed E-state index contributed by atoms with van der Waals surface area (Å²) in [6.07, 6.45) is 7.03. The fraction of sp³-hybridized carbons (Fsp3) is 0.176. The third kappa shape index (κ3) is 3.16. The summed E-state index contributed by atoms with van der Waals surface area (Å²) >= 11 is 0. The third-order valence-corrected chi connectivity index (χ3v) is 3.87. The number of rotatable bonds is 5. The van der Waals surface area contributed by atoms with Gasteiger partial charge in [0.1, 0.15) is 7.85 Å². The SMILES string of the molecule is [B]c1cnc(Nc2ccc(-n3cc(CN(C)C)nn3)cc2)c2nccn12. The van der Waals surface area contributed by atoms with Crippen LogP contribution < -0.4 is 10.9 Å². The number of benzene rings is 1. The maximum absolute atomic E-state index is 5.89. The molecule has 2 radical (unpaired) electrons. The summed E-state index contributed by atoms with van der Waals surface area (Å²) in [5.41, 5.74) is 3.97. The molecule has 8 nitrogen and oxygen atoms in total. The zero-order valence-electron chi connectivity index (χ0n) is 14.5. The number of imidazole rings is 1. The maximum Gasteiger partial charge on any atom is 0.179 e. The first-order valence-electron chi connectivity index (χ1n) is 8.11. The molecule has 0 saturated heterocycles. The summed E-state index contributed by atoms with van der Waals surface area (Å²) in [5.74, 6) is 0.644. The van der Waals surface area contributed by atoms with E-state index in [0.29, 0.717) is 17.1 Å². The van der Waals surface area contributed by atoms with E-state index in [2.05, 4.69) is 30.5 Å². The third-order valence-electron chi connectivity index (χ3n) is 3.87. The molecule has 0 atom stereocenters. The van der Waals surface area contributed by atoms with Crippen LogP contribution in [0.5, 0.6) is 0 Å². The molecule has 0 aliphatic carbocycles. The molecule has 9 heteroatoms. The Labute approximate surface area is 151 Å². The van der Waals surface area contributed by atoms with Crippen molar-refractivity contribution in [3.63, 3.8) is 0 Å². The van der Waals surface area contributed by atoms with Crippen molar-refractivity contribution in [1.29, 1.82) is 0 Å². The number of nitrogens with one attached hydrogen (secondary N) is 1. The molecule has 0 unspecified atom stereocenters. The van der Waals surface area contributed by atoms with E-state index in [0.717, 1.165) is 23.6 Å². The lowest BCUT2D eigenvalue weighted by molar-refractivity contribution is 0.396. The van der Waals surface area contributed by atoms with Crippen LogP contribution in [0.2, 0.25) is 0 Å². The summed E-state index contributed by atoms with van der Waals surface area (Å²) in [4.78, 5) is 10.7. The minimum atomic E-state index is 0.540. The van der Waals surface area contributed by atoms with Crippen molar-refractivity contribution < 1.29 is 0 Å². The Morgan fingerprint density at radius 1 is 1.15 bits per heavy atom. The summed E-state index contributed by atoms with van der Waals surface area (Å²) in [6, 6.07) is 7.85. The lowest BCUT2D eigenvalue weighted by Crippen LogP contribution is -2.15. The molecule has 0 aliphatic rings. The van der Waals surface area contributed by atoms with Gasteiger partial charge in [-0.15, -0.1) is 5.10 Å². The number of nitrogens with zero attached hydrogens (tertiary/aromatic N) is 7. The first kappa shape index (κ1) is 16.3. The van der Waals surface area contributed by atoms with Gasteiger partial charge in [-0.1, -0.05) is 5.21 Å².